The minimum absolute atomic E-state index is 0.103. The monoisotopic (exact) mass is 326 g/mol. The fourth-order valence-electron chi connectivity index (χ4n) is 2.15. The molecular weight excluding hydrogens is 300 g/mol. The second kappa shape index (κ2) is 8.17. The van der Waals surface area contributed by atoms with E-state index in [9.17, 15) is 13.2 Å². The molecule has 0 aliphatic heterocycles. The number of unbranched alkanes of at least 4 members (excludes halogenated alkanes) is 2. The van der Waals surface area contributed by atoms with E-state index in [1.807, 2.05) is 6.92 Å². The maximum atomic E-state index is 12.2. The van der Waals surface area contributed by atoms with Gasteiger partial charge in [-0.1, -0.05) is 32.3 Å². The summed E-state index contributed by atoms with van der Waals surface area (Å²) in [5, 5.41) is 2.95. The molecule has 0 saturated carbocycles. The lowest BCUT2D eigenvalue weighted by Crippen LogP contribution is -2.32. The third-order valence-corrected chi connectivity index (χ3v) is 4.00. The van der Waals surface area contributed by atoms with Crippen LogP contribution in [0.4, 0.5) is 5.69 Å². The SMILES string of the molecule is CCCCCC(C)NC(=O)c1ccc(C)c(NS(C)(=O)=O)c1. The van der Waals surface area contributed by atoms with E-state index in [-0.39, 0.29) is 11.9 Å². The molecule has 5 nitrogen and oxygen atoms in total. The first-order valence-corrected chi connectivity index (χ1v) is 9.51. The average molecular weight is 326 g/mol. The third kappa shape index (κ3) is 6.47. The first-order chi connectivity index (χ1) is 10.2. The number of amides is 1. The number of hydrogen-bond acceptors (Lipinski definition) is 3. The summed E-state index contributed by atoms with van der Waals surface area (Å²) >= 11 is 0. The number of nitrogens with one attached hydrogen (secondary N) is 2. The summed E-state index contributed by atoms with van der Waals surface area (Å²) in [7, 11) is -3.36. The van der Waals surface area contributed by atoms with Crippen LogP contribution in [0.2, 0.25) is 0 Å². The molecule has 0 fully saturated rings. The van der Waals surface area contributed by atoms with Crippen LogP contribution in [0.5, 0.6) is 0 Å². The highest BCUT2D eigenvalue weighted by molar-refractivity contribution is 7.92. The first-order valence-electron chi connectivity index (χ1n) is 7.62. The van der Waals surface area contributed by atoms with Gasteiger partial charge in [0.2, 0.25) is 10.0 Å². The topological polar surface area (TPSA) is 75.3 Å². The van der Waals surface area contributed by atoms with Crippen LogP contribution >= 0.6 is 0 Å². The number of benzene rings is 1. The summed E-state index contributed by atoms with van der Waals surface area (Å²) in [5.74, 6) is -0.180. The van der Waals surface area contributed by atoms with Gasteiger partial charge in [0.1, 0.15) is 0 Å². The number of anilines is 1. The molecule has 1 aromatic carbocycles. The normalized spacial score (nSPS) is 12.7. The number of aryl methyl sites for hydroxylation is 1. The lowest BCUT2D eigenvalue weighted by atomic mass is 10.1. The van der Waals surface area contributed by atoms with Crippen LogP contribution in [-0.4, -0.2) is 26.6 Å². The Kier molecular flexibility index (Phi) is 6.87. The van der Waals surface area contributed by atoms with Crippen molar-refractivity contribution >= 4 is 21.6 Å². The van der Waals surface area contributed by atoms with Crippen molar-refractivity contribution in [3.05, 3.63) is 29.3 Å². The van der Waals surface area contributed by atoms with Crippen LogP contribution in [0, 0.1) is 6.92 Å². The van der Waals surface area contributed by atoms with E-state index in [1.54, 1.807) is 25.1 Å². The second-order valence-corrected chi connectivity index (χ2v) is 7.52. The molecule has 1 atom stereocenters. The highest BCUT2D eigenvalue weighted by Crippen LogP contribution is 2.18. The number of sulfonamides is 1. The number of carbonyl (C=O) groups excluding carboxylic acids is 1. The Labute approximate surface area is 133 Å². The van der Waals surface area contributed by atoms with Crippen LogP contribution in [0.25, 0.3) is 0 Å². The summed E-state index contributed by atoms with van der Waals surface area (Å²) in [6.45, 7) is 5.92. The fourth-order valence-corrected chi connectivity index (χ4v) is 2.77. The van der Waals surface area contributed by atoms with Gasteiger partial charge in [-0.2, -0.15) is 0 Å². The predicted molar refractivity (Wildman–Crippen MR) is 90.7 cm³/mol. The van der Waals surface area contributed by atoms with Crippen molar-refractivity contribution in [2.24, 2.45) is 0 Å². The lowest BCUT2D eigenvalue weighted by Gasteiger charge is -2.15. The molecule has 124 valence electrons. The van der Waals surface area contributed by atoms with Crippen molar-refractivity contribution in [3.63, 3.8) is 0 Å². The molecule has 1 aromatic rings. The minimum atomic E-state index is -3.36. The first kappa shape index (κ1) is 18.5. The van der Waals surface area contributed by atoms with E-state index < -0.39 is 10.0 Å². The van der Waals surface area contributed by atoms with Gasteiger partial charge >= 0.3 is 0 Å². The molecule has 0 bridgehead atoms. The van der Waals surface area contributed by atoms with Gasteiger partial charge in [-0.05, 0) is 38.0 Å². The van der Waals surface area contributed by atoms with Gasteiger partial charge < -0.3 is 5.32 Å². The molecule has 22 heavy (non-hydrogen) atoms. The fraction of sp³-hybridized carbons (Fsp3) is 0.562. The van der Waals surface area contributed by atoms with Crippen LogP contribution < -0.4 is 10.0 Å². The van der Waals surface area contributed by atoms with Crippen LogP contribution in [0.15, 0.2) is 18.2 Å². The van der Waals surface area contributed by atoms with E-state index in [1.165, 1.54) is 0 Å². The maximum absolute atomic E-state index is 12.2. The summed E-state index contributed by atoms with van der Waals surface area (Å²) in [6, 6.07) is 5.12. The zero-order chi connectivity index (χ0) is 16.8. The van der Waals surface area contributed by atoms with Crippen LogP contribution in [0.1, 0.15) is 55.5 Å². The molecule has 0 saturated heterocycles. The highest BCUT2D eigenvalue weighted by atomic mass is 32.2. The molecule has 0 radical (unpaired) electrons. The van der Waals surface area contributed by atoms with Crippen molar-refractivity contribution in [2.45, 2.75) is 52.5 Å². The minimum Gasteiger partial charge on any atom is -0.350 e. The van der Waals surface area contributed by atoms with Gasteiger partial charge in [-0.15, -0.1) is 0 Å². The Morgan fingerprint density at radius 1 is 1.27 bits per heavy atom. The molecule has 0 heterocycles. The Hall–Kier alpha value is -1.56. The average Bonchev–Trinajstić information content (AvgIpc) is 2.40. The number of rotatable bonds is 8. The van der Waals surface area contributed by atoms with Crippen molar-refractivity contribution < 1.29 is 13.2 Å². The molecule has 2 N–H and O–H groups in total. The Morgan fingerprint density at radius 2 is 1.95 bits per heavy atom. The molecule has 0 spiro atoms. The van der Waals surface area contributed by atoms with Crippen molar-refractivity contribution in [2.75, 3.05) is 11.0 Å². The van der Waals surface area contributed by atoms with E-state index in [4.69, 9.17) is 0 Å². The standard InChI is InChI=1S/C16H26N2O3S/c1-5-6-7-8-13(3)17-16(19)14-10-9-12(2)15(11-14)18-22(4,20)21/h9-11,13,18H,5-8H2,1-4H3,(H,17,19). The molecule has 0 aliphatic rings. The van der Waals surface area contributed by atoms with Gasteiger partial charge in [0.15, 0.2) is 0 Å². The van der Waals surface area contributed by atoms with E-state index >= 15 is 0 Å². The molecule has 0 aromatic heterocycles. The van der Waals surface area contributed by atoms with E-state index in [0.717, 1.165) is 37.5 Å². The summed E-state index contributed by atoms with van der Waals surface area (Å²) < 4.78 is 25.1. The Bertz CT molecular complexity index is 612. The largest absolute Gasteiger partial charge is 0.350 e. The Morgan fingerprint density at radius 3 is 2.55 bits per heavy atom. The summed E-state index contributed by atoms with van der Waals surface area (Å²) in [6.07, 6.45) is 5.44. The van der Waals surface area contributed by atoms with Crippen molar-refractivity contribution in [3.8, 4) is 0 Å². The molecular formula is C16H26N2O3S. The molecule has 6 heteroatoms. The van der Waals surface area contributed by atoms with Gasteiger partial charge in [0.25, 0.3) is 5.91 Å². The molecule has 1 rings (SSSR count). The molecule has 1 unspecified atom stereocenters. The zero-order valence-corrected chi connectivity index (χ0v) is 14.6. The second-order valence-electron chi connectivity index (χ2n) is 5.77. The summed E-state index contributed by atoms with van der Waals surface area (Å²) in [4.78, 5) is 12.2. The zero-order valence-electron chi connectivity index (χ0n) is 13.8. The van der Waals surface area contributed by atoms with Crippen molar-refractivity contribution in [1.82, 2.24) is 5.32 Å². The van der Waals surface area contributed by atoms with Gasteiger partial charge in [0.05, 0.1) is 11.9 Å². The third-order valence-electron chi connectivity index (χ3n) is 3.41. The quantitative estimate of drug-likeness (QED) is 0.721. The lowest BCUT2D eigenvalue weighted by molar-refractivity contribution is 0.0938. The summed E-state index contributed by atoms with van der Waals surface area (Å²) in [5.41, 5.74) is 1.67. The highest BCUT2D eigenvalue weighted by Gasteiger charge is 2.12. The van der Waals surface area contributed by atoms with Crippen LogP contribution in [0.3, 0.4) is 0 Å². The van der Waals surface area contributed by atoms with Gasteiger partial charge in [-0.25, -0.2) is 8.42 Å². The smallest absolute Gasteiger partial charge is 0.251 e. The van der Waals surface area contributed by atoms with Crippen molar-refractivity contribution in [1.29, 1.82) is 0 Å². The van der Waals surface area contributed by atoms with Gasteiger partial charge in [-0.3, -0.25) is 9.52 Å². The van der Waals surface area contributed by atoms with Crippen LogP contribution in [-0.2, 0) is 10.0 Å². The van der Waals surface area contributed by atoms with E-state index in [2.05, 4.69) is 17.0 Å². The Balaban J connectivity index is 2.75. The van der Waals surface area contributed by atoms with Gasteiger partial charge in [0, 0.05) is 11.6 Å². The molecule has 0 aliphatic carbocycles. The van der Waals surface area contributed by atoms with E-state index in [0.29, 0.717) is 11.3 Å². The molecule has 1 amide bonds. The number of hydrogen-bond donors (Lipinski definition) is 2. The maximum Gasteiger partial charge on any atom is 0.251 e. The predicted octanol–water partition coefficient (Wildman–Crippen LogP) is 3.07. The number of carbonyl (C=O) groups is 1.